The van der Waals surface area contributed by atoms with E-state index in [0.29, 0.717) is 13.1 Å². The minimum Gasteiger partial charge on any atom is -0.380 e. The molecule has 0 radical (unpaired) electrons. The van der Waals surface area contributed by atoms with Gasteiger partial charge in [-0.05, 0) is 30.0 Å². The van der Waals surface area contributed by atoms with Gasteiger partial charge in [0.1, 0.15) is 0 Å². The van der Waals surface area contributed by atoms with E-state index in [1.54, 1.807) is 0 Å². The van der Waals surface area contributed by atoms with Gasteiger partial charge in [0.25, 0.3) is 0 Å². The third-order valence-corrected chi connectivity index (χ3v) is 3.69. The molecule has 0 aromatic heterocycles. The van der Waals surface area contributed by atoms with Crippen LogP contribution in [0.3, 0.4) is 0 Å². The molecule has 1 unspecified atom stereocenters. The molecule has 1 N–H and O–H groups in total. The van der Waals surface area contributed by atoms with Gasteiger partial charge in [-0.3, -0.25) is 4.99 Å². The number of fused-ring (bicyclic) bond motifs is 1. The highest BCUT2D eigenvalue weighted by atomic mass is 15.2. The predicted molar refractivity (Wildman–Crippen MR) is 85.7 cm³/mol. The third-order valence-electron chi connectivity index (χ3n) is 3.69. The van der Waals surface area contributed by atoms with E-state index in [1.165, 1.54) is 5.57 Å². The molecule has 1 aromatic carbocycles. The number of para-hydroxylation sites is 1. The number of benzodiazepines with no additional fused rings is 1. The molecular weight excluding hydrogens is 262 g/mol. The molecule has 0 saturated heterocycles. The van der Waals surface area contributed by atoms with Crippen molar-refractivity contribution in [2.45, 2.75) is 18.9 Å². The van der Waals surface area contributed by atoms with Crippen LogP contribution < -0.4 is 5.32 Å². The Bertz CT molecular complexity index is 665. The Balaban J connectivity index is 1.98. The summed E-state index contributed by atoms with van der Waals surface area (Å²) in [5.74, 6) is 0. The molecule has 1 atom stereocenters. The van der Waals surface area contributed by atoms with Gasteiger partial charge in [0, 0.05) is 22.7 Å². The average Bonchev–Trinajstić information content (AvgIpc) is 2.73. The van der Waals surface area contributed by atoms with E-state index >= 15 is 0 Å². The van der Waals surface area contributed by atoms with Gasteiger partial charge in [-0.15, -0.1) is 0 Å². The summed E-state index contributed by atoms with van der Waals surface area (Å²) in [5, 5.41) is 7.11. The average molecular weight is 279 g/mol. The Kier molecular flexibility index (Phi) is 4.03. The molecule has 0 bridgehead atoms. The third kappa shape index (κ3) is 2.98. The lowest BCUT2D eigenvalue weighted by Gasteiger charge is -2.15. The van der Waals surface area contributed by atoms with Crippen molar-refractivity contribution in [1.82, 2.24) is 0 Å². The van der Waals surface area contributed by atoms with Crippen LogP contribution in [0.2, 0.25) is 0 Å². The standard InChI is InChI=1S/C16H17N5/c17-21-19-11-13-10-18-16(12-6-2-1-3-7-12)14-8-4-5-9-15(14)20-13/h1-2,4-6,8-9,13,20H,3,7,10-11H2. The lowest BCUT2D eigenvalue weighted by molar-refractivity contribution is 0.739. The number of rotatable bonds is 3. The van der Waals surface area contributed by atoms with E-state index in [2.05, 4.69) is 45.7 Å². The van der Waals surface area contributed by atoms with Gasteiger partial charge in [0.05, 0.1) is 18.3 Å². The number of nitrogens with one attached hydrogen (secondary N) is 1. The summed E-state index contributed by atoms with van der Waals surface area (Å²) in [6.07, 6.45) is 8.50. The second-order valence-corrected chi connectivity index (χ2v) is 5.15. The summed E-state index contributed by atoms with van der Waals surface area (Å²) in [6, 6.07) is 8.23. The van der Waals surface area contributed by atoms with Crippen molar-refractivity contribution in [1.29, 1.82) is 0 Å². The zero-order chi connectivity index (χ0) is 14.5. The second-order valence-electron chi connectivity index (χ2n) is 5.15. The molecule has 2 aliphatic rings. The summed E-state index contributed by atoms with van der Waals surface area (Å²) < 4.78 is 0. The van der Waals surface area contributed by atoms with Crippen LogP contribution in [0.15, 0.2) is 58.2 Å². The number of aliphatic imine (C=N–C) groups is 1. The quantitative estimate of drug-likeness (QED) is 0.509. The molecule has 0 amide bonds. The van der Waals surface area contributed by atoms with Gasteiger partial charge >= 0.3 is 0 Å². The van der Waals surface area contributed by atoms with Gasteiger partial charge in [-0.25, -0.2) is 0 Å². The van der Waals surface area contributed by atoms with Crippen molar-refractivity contribution in [2.75, 3.05) is 18.4 Å². The highest BCUT2D eigenvalue weighted by Gasteiger charge is 2.20. The Hall–Kier alpha value is -2.52. The fourth-order valence-electron chi connectivity index (χ4n) is 2.68. The van der Waals surface area contributed by atoms with E-state index < -0.39 is 0 Å². The van der Waals surface area contributed by atoms with E-state index in [0.717, 1.165) is 29.8 Å². The Morgan fingerprint density at radius 3 is 3.10 bits per heavy atom. The molecule has 1 heterocycles. The molecular formula is C16H17N5. The maximum atomic E-state index is 8.50. The van der Waals surface area contributed by atoms with Gasteiger partial charge in [0.15, 0.2) is 0 Å². The monoisotopic (exact) mass is 279 g/mol. The number of hydrogen-bond donors (Lipinski definition) is 1. The first-order chi connectivity index (χ1) is 10.4. The lowest BCUT2D eigenvalue weighted by Crippen LogP contribution is -2.25. The SMILES string of the molecule is [N-]=[N+]=NCC1CN=C(C2=CC=CCC2)c2ccccc2N1. The van der Waals surface area contributed by atoms with Crippen molar-refractivity contribution >= 4 is 11.4 Å². The van der Waals surface area contributed by atoms with Crippen molar-refractivity contribution in [3.63, 3.8) is 0 Å². The van der Waals surface area contributed by atoms with Crippen LogP contribution in [0.4, 0.5) is 5.69 Å². The van der Waals surface area contributed by atoms with Crippen LogP contribution in [-0.2, 0) is 0 Å². The predicted octanol–water partition coefficient (Wildman–Crippen LogP) is 3.86. The zero-order valence-corrected chi connectivity index (χ0v) is 11.7. The molecule has 106 valence electrons. The normalized spacial score (nSPS) is 20.3. The number of hydrogen-bond acceptors (Lipinski definition) is 3. The van der Waals surface area contributed by atoms with Crippen LogP contribution in [0.25, 0.3) is 10.4 Å². The number of anilines is 1. The first-order valence-electron chi connectivity index (χ1n) is 7.16. The first kappa shape index (κ1) is 13.5. The van der Waals surface area contributed by atoms with E-state index in [1.807, 2.05) is 12.1 Å². The van der Waals surface area contributed by atoms with E-state index in [-0.39, 0.29) is 6.04 Å². The Morgan fingerprint density at radius 2 is 2.29 bits per heavy atom. The number of nitrogens with zero attached hydrogens (tertiary/aromatic N) is 4. The maximum Gasteiger partial charge on any atom is 0.0700 e. The van der Waals surface area contributed by atoms with Crippen molar-refractivity contribution in [2.24, 2.45) is 10.1 Å². The van der Waals surface area contributed by atoms with E-state index in [9.17, 15) is 0 Å². The van der Waals surface area contributed by atoms with Crippen LogP contribution in [-0.4, -0.2) is 24.8 Å². The largest absolute Gasteiger partial charge is 0.380 e. The number of allylic oxidation sites excluding steroid dienone is 4. The van der Waals surface area contributed by atoms with Crippen molar-refractivity contribution in [3.05, 3.63) is 64.1 Å². The van der Waals surface area contributed by atoms with Gasteiger partial charge < -0.3 is 5.32 Å². The molecule has 3 rings (SSSR count). The highest BCUT2D eigenvalue weighted by molar-refractivity contribution is 6.16. The molecule has 0 saturated carbocycles. The summed E-state index contributed by atoms with van der Waals surface area (Å²) in [6.45, 7) is 1.02. The summed E-state index contributed by atoms with van der Waals surface area (Å²) in [4.78, 5) is 7.63. The second kappa shape index (κ2) is 6.29. The lowest BCUT2D eigenvalue weighted by atomic mass is 9.94. The van der Waals surface area contributed by atoms with Crippen LogP contribution >= 0.6 is 0 Å². The molecule has 0 spiro atoms. The fraction of sp³-hybridized carbons (Fsp3) is 0.312. The van der Waals surface area contributed by atoms with Crippen LogP contribution in [0.1, 0.15) is 18.4 Å². The smallest absolute Gasteiger partial charge is 0.0700 e. The topological polar surface area (TPSA) is 73.2 Å². The summed E-state index contributed by atoms with van der Waals surface area (Å²) in [5.41, 5.74) is 13.0. The van der Waals surface area contributed by atoms with Gasteiger partial charge in [-0.2, -0.15) is 0 Å². The van der Waals surface area contributed by atoms with Crippen LogP contribution in [0, 0.1) is 0 Å². The maximum absolute atomic E-state index is 8.50. The summed E-state index contributed by atoms with van der Waals surface area (Å²) >= 11 is 0. The number of benzene rings is 1. The molecule has 0 fully saturated rings. The Labute approximate surface area is 123 Å². The Morgan fingerprint density at radius 1 is 1.38 bits per heavy atom. The van der Waals surface area contributed by atoms with Gasteiger partial charge in [0.2, 0.25) is 0 Å². The van der Waals surface area contributed by atoms with Crippen LogP contribution in [0.5, 0.6) is 0 Å². The number of azide groups is 1. The minimum atomic E-state index is 0.0410. The molecule has 1 aliphatic carbocycles. The summed E-state index contributed by atoms with van der Waals surface area (Å²) in [7, 11) is 0. The molecule has 1 aromatic rings. The molecule has 5 nitrogen and oxygen atoms in total. The van der Waals surface area contributed by atoms with Crippen molar-refractivity contribution in [3.8, 4) is 0 Å². The fourth-order valence-corrected chi connectivity index (χ4v) is 2.68. The zero-order valence-electron chi connectivity index (χ0n) is 11.7. The van der Waals surface area contributed by atoms with Gasteiger partial charge in [-0.1, -0.05) is 41.5 Å². The van der Waals surface area contributed by atoms with E-state index in [4.69, 9.17) is 10.5 Å². The molecule has 5 heteroatoms. The molecule has 1 aliphatic heterocycles. The minimum absolute atomic E-state index is 0.0410. The molecule has 21 heavy (non-hydrogen) atoms. The first-order valence-corrected chi connectivity index (χ1v) is 7.16. The highest BCUT2D eigenvalue weighted by Crippen LogP contribution is 2.26. The van der Waals surface area contributed by atoms with Crippen molar-refractivity contribution < 1.29 is 0 Å².